The standard InChI is InChI=1S/C20H19Cl2N3O2/c21-16-4-7-18(22)19(12-16)27-14-20(26)25-9-1-8-24(10-11-25)17-5-2-15(13-23)3-6-17/h2-7,12H,1,8-11,14H2. The minimum atomic E-state index is -0.0762. The summed E-state index contributed by atoms with van der Waals surface area (Å²) in [7, 11) is 0. The van der Waals surface area contributed by atoms with Gasteiger partial charge < -0.3 is 14.5 Å². The molecule has 0 atom stereocenters. The Bertz CT molecular complexity index is 849. The summed E-state index contributed by atoms with van der Waals surface area (Å²) < 4.78 is 5.56. The van der Waals surface area contributed by atoms with Crippen LogP contribution in [0.3, 0.4) is 0 Å². The van der Waals surface area contributed by atoms with Gasteiger partial charge in [-0.2, -0.15) is 5.26 Å². The molecule has 0 N–H and O–H groups in total. The number of benzene rings is 2. The average Bonchev–Trinajstić information content (AvgIpc) is 2.95. The van der Waals surface area contributed by atoms with Crippen molar-refractivity contribution in [3.63, 3.8) is 0 Å². The molecule has 0 radical (unpaired) electrons. The Labute approximate surface area is 168 Å². The summed E-state index contributed by atoms with van der Waals surface area (Å²) in [5.74, 6) is 0.333. The first-order chi connectivity index (χ1) is 13.1. The molecule has 1 aliphatic rings. The number of hydrogen-bond acceptors (Lipinski definition) is 4. The Kier molecular flexibility index (Phi) is 6.44. The van der Waals surface area contributed by atoms with Crippen molar-refractivity contribution in [1.29, 1.82) is 5.26 Å². The summed E-state index contributed by atoms with van der Waals surface area (Å²) in [5, 5.41) is 9.84. The fraction of sp³-hybridized carbons (Fsp3) is 0.300. The van der Waals surface area contributed by atoms with Gasteiger partial charge >= 0.3 is 0 Å². The molecule has 0 spiro atoms. The molecular weight excluding hydrogens is 385 g/mol. The average molecular weight is 404 g/mol. The summed E-state index contributed by atoms with van der Waals surface area (Å²) in [6.45, 7) is 2.81. The maximum Gasteiger partial charge on any atom is 0.260 e. The van der Waals surface area contributed by atoms with Gasteiger partial charge in [0.1, 0.15) is 5.75 Å². The Hall–Kier alpha value is -2.42. The largest absolute Gasteiger partial charge is 0.482 e. The normalized spacial score (nSPS) is 14.4. The van der Waals surface area contributed by atoms with E-state index in [1.165, 1.54) is 0 Å². The Morgan fingerprint density at radius 1 is 1.07 bits per heavy atom. The van der Waals surface area contributed by atoms with E-state index in [4.69, 9.17) is 33.2 Å². The molecule has 0 aromatic heterocycles. The number of carbonyl (C=O) groups excluding carboxylic acids is 1. The van der Waals surface area contributed by atoms with Gasteiger partial charge in [-0.05, 0) is 42.8 Å². The molecule has 0 aliphatic carbocycles. The SMILES string of the molecule is N#Cc1ccc(N2CCCN(C(=O)COc3cc(Cl)ccc3Cl)CC2)cc1. The third kappa shape index (κ3) is 5.06. The number of nitriles is 1. The molecule has 1 amide bonds. The lowest BCUT2D eigenvalue weighted by molar-refractivity contribution is -0.133. The van der Waals surface area contributed by atoms with E-state index in [1.807, 2.05) is 29.2 Å². The molecule has 1 heterocycles. The first-order valence-electron chi connectivity index (χ1n) is 8.67. The Morgan fingerprint density at radius 3 is 2.59 bits per heavy atom. The van der Waals surface area contributed by atoms with E-state index in [-0.39, 0.29) is 12.5 Å². The summed E-state index contributed by atoms with van der Waals surface area (Å²) in [4.78, 5) is 16.6. The maximum atomic E-state index is 12.5. The van der Waals surface area contributed by atoms with E-state index in [0.29, 0.717) is 34.4 Å². The van der Waals surface area contributed by atoms with Gasteiger partial charge in [0.15, 0.2) is 6.61 Å². The molecule has 1 fully saturated rings. The summed E-state index contributed by atoms with van der Waals surface area (Å²) in [5.41, 5.74) is 1.70. The molecule has 2 aromatic carbocycles. The molecule has 2 aromatic rings. The zero-order valence-corrected chi connectivity index (χ0v) is 16.2. The van der Waals surface area contributed by atoms with Crippen LogP contribution in [-0.2, 0) is 4.79 Å². The van der Waals surface area contributed by atoms with Crippen LogP contribution in [0.5, 0.6) is 5.75 Å². The molecule has 5 nitrogen and oxygen atoms in total. The molecule has 0 unspecified atom stereocenters. The maximum absolute atomic E-state index is 12.5. The van der Waals surface area contributed by atoms with E-state index >= 15 is 0 Å². The first-order valence-corrected chi connectivity index (χ1v) is 9.43. The second-order valence-corrected chi connectivity index (χ2v) is 7.09. The fourth-order valence-corrected chi connectivity index (χ4v) is 3.32. The predicted molar refractivity (Wildman–Crippen MR) is 107 cm³/mol. The minimum absolute atomic E-state index is 0.0725. The summed E-state index contributed by atoms with van der Waals surface area (Å²) in [6, 6.07) is 14.6. The highest BCUT2D eigenvalue weighted by atomic mass is 35.5. The molecule has 27 heavy (non-hydrogen) atoms. The molecule has 1 aliphatic heterocycles. The number of nitrogens with zero attached hydrogens (tertiary/aromatic N) is 3. The van der Waals surface area contributed by atoms with Gasteiger partial charge in [-0.1, -0.05) is 23.2 Å². The number of anilines is 1. The van der Waals surface area contributed by atoms with Crippen molar-refractivity contribution in [2.45, 2.75) is 6.42 Å². The molecule has 0 bridgehead atoms. The highest BCUT2D eigenvalue weighted by Gasteiger charge is 2.20. The van der Waals surface area contributed by atoms with Crippen LogP contribution in [0, 0.1) is 11.3 Å². The smallest absolute Gasteiger partial charge is 0.260 e. The minimum Gasteiger partial charge on any atom is -0.482 e. The monoisotopic (exact) mass is 403 g/mol. The van der Waals surface area contributed by atoms with Crippen molar-refractivity contribution >= 4 is 34.8 Å². The number of ether oxygens (including phenoxy) is 1. The second kappa shape index (κ2) is 8.98. The number of amides is 1. The van der Waals surface area contributed by atoms with Crippen molar-refractivity contribution in [1.82, 2.24) is 4.90 Å². The van der Waals surface area contributed by atoms with Gasteiger partial charge in [-0.25, -0.2) is 0 Å². The second-order valence-electron chi connectivity index (χ2n) is 6.24. The van der Waals surface area contributed by atoms with Gasteiger partial charge in [-0.3, -0.25) is 4.79 Å². The van der Waals surface area contributed by atoms with E-state index in [1.54, 1.807) is 18.2 Å². The van der Waals surface area contributed by atoms with Crippen LogP contribution in [0.1, 0.15) is 12.0 Å². The molecular formula is C20H19Cl2N3O2. The van der Waals surface area contributed by atoms with Crippen molar-refractivity contribution in [2.75, 3.05) is 37.7 Å². The third-order valence-electron chi connectivity index (χ3n) is 4.45. The summed E-state index contributed by atoms with van der Waals surface area (Å²) >= 11 is 12.0. The van der Waals surface area contributed by atoms with Crippen molar-refractivity contribution in [2.24, 2.45) is 0 Å². The molecule has 140 valence electrons. The van der Waals surface area contributed by atoms with Gasteiger partial charge in [0.05, 0.1) is 16.7 Å². The number of halogens is 2. The van der Waals surface area contributed by atoms with Crippen LogP contribution in [0.4, 0.5) is 5.69 Å². The van der Waals surface area contributed by atoms with E-state index in [9.17, 15) is 4.79 Å². The first kappa shape index (κ1) is 19.3. The number of carbonyl (C=O) groups is 1. The third-order valence-corrected chi connectivity index (χ3v) is 5.00. The van der Waals surface area contributed by atoms with Crippen molar-refractivity contribution in [3.8, 4) is 11.8 Å². The quantitative estimate of drug-likeness (QED) is 0.774. The van der Waals surface area contributed by atoms with Crippen LogP contribution in [-0.4, -0.2) is 43.6 Å². The lowest BCUT2D eigenvalue weighted by atomic mass is 10.2. The van der Waals surface area contributed by atoms with E-state index in [2.05, 4.69) is 11.0 Å². The van der Waals surface area contributed by atoms with E-state index < -0.39 is 0 Å². The van der Waals surface area contributed by atoms with Crippen LogP contribution in [0.2, 0.25) is 10.0 Å². The Balaban J connectivity index is 1.56. The topological polar surface area (TPSA) is 56.6 Å². The molecule has 3 rings (SSSR count). The van der Waals surface area contributed by atoms with Crippen LogP contribution < -0.4 is 9.64 Å². The zero-order valence-electron chi connectivity index (χ0n) is 14.7. The zero-order chi connectivity index (χ0) is 19.2. The molecule has 7 heteroatoms. The van der Waals surface area contributed by atoms with Crippen molar-refractivity contribution in [3.05, 3.63) is 58.1 Å². The van der Waals surface area contributed by atoms with E-state index in [0.717, 1.165) is 25.2 Å². The molecule has 0 saturated carbocycles. The van der Waals surface area contributed by atoms with Gasteiger partial charge in [-0.15, -0.1) is 0 Å². The van der Waals surface area contributed by atoms with Crippen LogP contribution >= 0.6 is 23.2 Å². The lowest BCUT2D eigenvalue weighted by Gasteiger charge is -2.24. The van der Waals surface area contributed by atoms with Crippen LogP contribution in [0.15, 0.2) is 42.5 Å². The highest BCUT2D eigenvalue weighted by Crippen LogP contribution is 2.27. The fourth-order valence-electron chi connectivity index (χ4n) is 2.99. The highest BCUT2D eigenvalue weighted by molar-refractivity contribution is 6.34. The van der Waals surface area contributed by atoms with Gasteiger partial charge in [0.25, 0.3) is 5.91 Å². The predicted octanol–water partition coefficient (Wildman–Crippen LogP) is 3.98. The van der Waals surface area contributed by atoms with Gasteiger partial charge in [0, 0.05) is 43.0 Å². The molecule has 1 saturated heterocycles. The Morgan fingerprint density at radius 2 is 1.85 bits per heavy atom. The number of rotatable bonds is 4. The van der Waals surface area contributed by atoms with Crippen LogP contribution in [0.25, 0.3) is 0 Å². The summed E-state index contributed by atoms with van der Waals surface area (Å²) in [6.07, 6.45) is 0.865. The lowest BCUT2D eigenvalue weighted by Crippen LogP contribution is -2.38. The van der Waals surface area contributed by atoms with Crippen molar-refractivity contribution < 1.29 is 9.53 Å². The number of hydrogen-bond donors (Lipinski definition) is 0. The van der Waals surface area contributed by atoms with Gasteiger partial charge in [0.2, 0.25) is 0 Å².